The second-order valence-corrected chi connectivity index (χ2v) is 7.30. The summed E-state index contributed by atoms with van der Waals surface area (Å²) < 4.78 is 5.37. The highest BCUT2D eigenvalue weighted by molar-refractivity contribution is 6.02. The van der Waals surface area contributed by atoms with E-state index >= 15 is 0 Å². The van der Waals surface area contributed by atoms with E-state index in [1.54, 1.807) is 7.11 Å². The number of aromatic nitrogens is 1. The molecule has 3 aromatic rings. The minimum atomic E-state index is -0.273. The molecule has 1 aliphatic heterocycles. The van der Waals surface area contributed by atoms with Gasteiger partial charge in [-0.05, 0) is 30.5 Å². The van der Waals surface area contributed by atoms with Gasteiger partial charge in [-0.1, -0.05) is 30.3 Å². The van der Waals surface area contributed by atoms with E-state index in [2.05, 4.69) is 11.0 Å². The average Bonchev–Trinajstić information content (AvgIpc) is 3.48. The quantitative estimate of drug-likeness (QED) is 0.719. The van der Waals surface area contributed by atoms with Gasteiger partial charge in [-0.15, -0.1) is 0 Å². The predicted octanol–water partition coefficient (Wildman–Crippen LogP) is 3.71. The Morgan fingerprint density at radius 3 is 2.78 bits per heavy atom. The van der Waals surface area contributed by atoms with Crippen molar-refractivity contribution in [3.8, 4) is 16.9 Å². The van der Waals surface area contributed by atoms with Crippen molar-refractivity contribution < 1.29 is 9.53 Å². The molecule has 0 saturated heterocycles. The summed E-state index contributed by atoms with van der Waals surface area (Å²) in [6.07, 6.45) is 3.31. The number of nitrogens with zero attached hydrogens (tertiary/aromatic N) is 2. The third-order valence-corrected chi connectivity index (χ3v) is 5.68. The van der Waals surface area contributed by atoms with Crippen molar-refractivity contribution in [3.63, 3.8) is 0 Å². The van der Waals surface area contributed by atoms with Crippen LogP contribution in [-0.4, -0.2) is 29.3 Å². The van der Waals surface area contributed by atoms with Crippen LogP contribution in [0, 0.1) is 0 Å². The fourth-order valence-electron chi connectivity index (χ4n) is 4.20. The lowest BCUT2D eigenvalue weighted by Gasteiger charge is -2.19. The number of ether oxygens (including phenoxy) is 1. The first-order chi connectivity index (χ1) is 13.2. The Labute approximate surface area is 157 Å². The standard InChI is InChI=1S/C22H21N3O2/c1-27-15-5-2-4-13(10-15)16-6-3-7-17-21(23)20-18(24-22(16)17)11-25(14-8-9-14)19(20)12-26/h2-7,10,12,14,19H,8-9,11H2,1H3,(H2,23,24). The number of hydrogen-bond donors (Lipinski definition) is 1. The number of fused-ring (bicyclic) bond motifs is 2. The highest BCUT2D eigenvalue weighted by atomic mass is 16.5. The number of carbonyl (C=O) groups is 1. The maximum Gasteiger partial charge on any atom is 0.141 e. The summed E-state index contributed by atoms with van der Waals surface area (Å²) in [5.41, 5.74) is 12.0. The minimum Gasteiger partial charge on any atom is -0.497 e. The predicted molar refractivity (Wildman–Crippen MR) is 106 cm³/mol. The van der Waals surface area contributed by atoms with E-state index in [-0.39, 0.29) is 6.04 Å². The second-order valence-electron chi connectivity index (χ2n) is 7.30. The summed E-state index contributed by atoms with van der Waals surface area (Å²) in [6.45, 7) is 0.690. The average molecular weight is 359 g/mol. The Bertz CT molecular complexity index is 1060. The molecular weight excluding hydrogens is 338 g/mol. The van der Waals surface area contributed by atoms with E-state index in [1.165, 1.54) is 0 Å². The molecule has 5 rings (SSSR count). The molecule has 1 unspecified atom stereocenters. The Hall–Kier alpha value is -2.92. The van der Waals surface area contributed by atoms with Crippen molar-refractivity contribution in [3.05, 3.63) is 53.7 Å². The van der Waals surface area contributed by atoms with Crippen molar-refractivity contribution >= 4 is 22.9 Å². The zero-order chi connectivity index (χ0) is 18.5. The Morgan fingerprint density at radius 2 is 2.04 bits per heavy atom. The number of pyridine rings is 1. The van der Waals surface area contributed by atoms with Gasteiger partial charge in [0.2, 0.25) is 0 Å². The van der Waals surface area contributed by atoms with Gasteiger partial charge in [0.05, 0.1) is 24.4 Å². The van der Waals surface area contributed by atoms with Crippen molar-refractivity contribution in [1.82, 2.24) is 9.88 Å². The van der Waals surface area contributed by atoms with Gasteiger partial charge in [0.15, 0.2) is 0 Å². The molecular formula is C22H21N3O2. The zero-order valence-corrected chi connectivity index (χ0v) is 15.2. The number of rotatable bonds is 4. The normalized spacial score (nSPS) is 19.2. The molecule has 27 heavy (non-hydrogen) atoms. The topological polar surface area (TPSA) is 68.5 Å². The van der Waals surface area contributed by atoms with Crippen LogP contribution in [0.1, 0.15) is 30.1 Å². The van der Waals surface area contributed by atoms with E-state index < -0.39 is 0 Å². The number of methoxy groups -OCH3 is 1. The van der Waals surface area contributed by atoms with Crippen LogP contribution >= 0.6 is 0 Å². The summed E-state index contributed by atoms with van der Waals surface area (Å²) in [7, 11) is 1.66. The van der Waals surface area contributed by atoms with Gasteiger partial charge in [-0.3, -0.25) is 9.88 Å². The summed E-state index contributed by atoms with van der Waals surface area (Å²) in [4.78, 5) is 19.0. The molecule has 0 bridgehead atoms. The molecule has 0 amide bonds. The van der Waals surface area contributed by atoms with Crippen LogP contribution in [0.15, 0.2) is 42.5 Å². The first kappa shape index (κ1) is 16.3. The Kier molecular flexibility index (Phi) is 3.65. The summed E-state index contributed by atoms with van der Waals surface area (Å²) in [5, 5.41) is 0.901. The van der Waals surface area contributed by atoms with Gasteiger partial charge in [-0.25, -0.2) is 0 Å². The lowest BCUT2D eigenvalue weighted by atomic mass is 9.97. The van der Waals surface area contributed by atoms with Crippen molar-refractivity contribution in [2.75, 3.05) is 12.8 Å². The second kappa shape index (κ2) is 6.06. The van der Waals surface area contributed by atoms with Gasteiger partial charge in [0.25, 0.3) is 0 Å². The van der Waals surface area contributed by atoms with Crippen LogP contribution in [0.4, 0.5) is 5.69 Å². The first-order valence-electron chi connectivity index (χ1n) is 9.27. The van der Waals surface area contributed by atoms with Crippen molar-refractivity contribution in [2.24, 2.45) is 0 Å². The van der Waals surface area contributed by atoms with Crippen LogP contribution in [0.5, 0.6) is 5.75 Å². The summed E-state index contributed by atoms with van der Waals surface area (Å²) in [5.74, 6) is 0.805. The number of aldehydes is 1. The van der Waals surface area contributed by atoms with Gasteiger partial charge in [0, 0.05) is 34.8 Å². The minimum absolute atomic E-state index is 0.273. The molecule has 136 valence electrons. The molecule has 1 atom stereocenters. The molecule has 0 spiro atoms. The molecule has 2 aliphatic rings. The van der Waals surface area contributed by atoms with Crippen LogP contribution in [0.3, 0.4) is 0 Å². The SMILES string of the molecule is COc1cccc(-c2cccc3c(N)c4c(nc23)CN(C2CC2)C4C=O)c1. The van der Waals surface area contributed by atoms with Gasteiger partial charge in [0.1, 0.15) is 12.0 Å². The van der Waals surface area contributed by atoms with Crippen LogP contribution < -0.4 is 10.5 Å². The number of hydrogen-bond acceptors (Lipinski definition) is 5. The molecule has 2 aromatic carbocycles. The molecule has 0 radical (unpaired) electrons. The third-order valence-electron chi connectivity index (χ3n) is 5.68. The van der Waals surface area contributed by atoms with Gasteiger partial charge < -0.3 is 15.3 Å². The number of nitrogens with two attached hydrogens (primary N) is 1. The smallest absolute Gasteiger partial charge is 0.141 e. The maximum atomic E-state index is 11.8. The monoisotopic (exact) mass is 359 g/mol. The molecule has 1 aromatic heterocycles. The molecule has 1 fully saturated rings. The number of nitrogen functional groups attached to an aromatic ring is 1. The highest BCUT2D eigenvalue weighted by Gasteiger charge is 2.41. The highest BCUT2D eigenvalue weighted by Crippen LogP contribution is 2.45. The maximum absolute atomic E-state index is 11.8. The van der Waals surface area contributed by atoms with E-state index in [4.69, 9.17) is 15.5 Å². The largest absolute Gasteiger partial charge is 0.497 e. The van der Waals surface area contributed by atoms with E-state index in [9.17, 15) is 4.79 Å². The lowest BCUT2D eigenvalue weighted by Crippen LogP contribution is -2.25. The molecule has 1 saturated carbocycles. The summed E-state index contributed by atoms with van der Waals surface area (Å²) >= 11 is 0. The van der Waals surface area contributed by atoms with Crippen molar-refractivity contribution in [1.29, 1.82) is 0 Å². The van der Waals surface area contributed by atoms with Crippen LogP contribution in [0.25, 0.3) is 22.0 Å². The fraction of sp³-hybridized carbons (Fsp3) is 0.273. The lowest BCUT2D eigenvalue weighted by molar-refractivity contribution is -0.112. The van der Waals surface area contributed by atoms with Gasteiger partial charge in [-0.2, -0.15) is 0 Å². The zero-order valence-electron chi connectivity index (χ0n) is 15.2. The van der Waals surface area contributed by atoms with Gasteiger partial charge >= 0.3 is 0 Å². The van der Waals surface area contributed by atoms with Crippen LogP contribution in [0.2, 0.25) is 0 Å². The van der Waals surface area contributed by atoms with E-state index in [0.717, 1.165) is 58.2 Å². The molecule has 5 heteroatoms. The third kappa shape index (κ3) is 2.50. The van der Waals surface area contributed by atoms with E-state index in [0.29, 0.717) is 18.3 Å². The number of anilines is 1. The number of benzene rings is 2. The number of para-hydroxylation sites is 1. The fourth-order valence-corrected chi connectivity index (χ4v) is 4.20. The number of carbonyl (C=O) groups excluding carboxylic acids is 1. The molecule has 2 heterocycles. The van der Waals surface area contributed by atoms with Crippen LogP contribution in [-0.2, 0) is 11.3 Å². The molecule has 2 N–H and O–H groups in total. The van der Waals surface area contributed by atoms with E-state index in [1.807, 2.05) is 36.4 Å². The van der Waals surface area contributed by atoms with Crippen molar-refractivity contribution in [2.45, 2.75) is 31.5 Å². The summed E-state index contributed by atoms with van der Waals surface area (Å²) in [6, 6.07) is 14.2. The molecule has 5 nitrogen and oxygen atoms in total. The Morgan fingerprint density at radius 1 is 1.22 bits per heavy atom. The first-order valence-corrected chi connectivity index (χ1v) is 9.27. The Balaban J connectivity index is 1.72. The molecule has 1 aliphatic carbocycles.